The van der Waals surface area contributed by atoms with Crippen LogP contribution in [0.1, 0.15) is 28.4 Å². The predicted molar refractivity (Wildman–Crippen MR) is 91.6 cm³/mol. The second kappa shape index (κ2) is 6.32. The molecule has 1 aliphatic heterocycles. The molecule has 0 saturated carbocycles. The lowest BCUT2D eigenvalue weighted by atomic mass is 9.99. The Hall–Kier alpha value is -2.88. The van der Waals surface area contributed by atoms with E-state index in [1.54, 1.807) is 6.07 Å². The van der Waals surface area contributed by atoms with Crippen LogP contribution in [0.25, 0.3) is 11.3 Å². The van der Waals surface area contributed by atoms with E-state index in [2.05, 4.69) is 17.3 Å². The first kappa shape index (κ1) is 14.7. The molecule has 1 atom stereocenters. The van der Waals surface area contributed by atoms with Crippen LogP contribution in [0.2, 0.25) is 0 Å². The van der Waals surface area contributed by atoms with Gasteiger partial charge in [-0.05, 0) is 12.0 Å². The zero-order valence-electron chi connectivity index (χ0n) is 13.3. The van der Waals surface area contributed by atoms with Crippen LogP contribution in [0.15, 0.2) is 71.3 Å². The van der Waals surface area contributed by atoms with E-state index in [0.29, 0.717) is 17.4 Å². The lowest BCUT2D eigenvalue weighted by Gasteiger charge is -2.15. The van der Waals surface area contributed by atoms with Crippen molar-refractivity contribution >= 4 is 5.91 Å². The molecule has 4 rings (SSSR count). The molecular formula is C20H18N2O2. The third kappa shape index (κ3) is 2.83. The Morgan fingerprint density at radius 3 is 2.50 bits per heavy atom. The number of nitrogens with zero attached hydrogens (tertiary/aromatic N) is 2. The highest BCUT2D eigenvalue weighted by atomic mass is 16.5. The normalized spacial score (nSPS) is 17.2. The van der Waals surface area contributed by atoms with Gasteiger partial charge in [0.1, 0.15) is 0 Å². The van der Waals surface area contributed by atoms with Crippen molar-refractivity contribution in [3.63, 3.8) is 0 Å². The molecule has 0 N–H and O–H groups in total. The molecule has 1 unspecified atom stereocenters. The van der Waals surface area contributed by atoms with Gasteiger partial charge in [-0.1, -0.05) is 65.8 Å². The highest BCUT2D eigenvalue weighted by molar-refractivity contribution is 5.93. The third-order valence-electron chi connectivity index (χ3n) is 4.53. The molecule has 1 aromatic heterocycles. The van der Waals surface area contributed by atoms with Crippen LogP contribution < -0.4 is 0 Å². The SMILES string of the molecule is O=C(c1cc(-c2ccccc2)on1)N1CCC(c2ccccc2)C1. The van der Waals surface area contributed by atoms with Crippen molar-refractivity contribution in [1.82, 2.24) is 10.1 Å². The molecule has 3 aromatic rings. The van der Waals surface area contributed by atoms with Gasteiger partial charge in [0.25, 0.3) is 5.91 Å². The summed E-state index contributed by atoms with van der Waals surface area (Å²) in [7, 11) is 0. The van der Waals surface area contributed by atoms with E-state index < -0.39 is 0 Å². The minimum atomic E-state index is -0.0561. The molecule has 4 nitrogen and oxygen atoms in total. The lowest BCUT2D eigenvalue weighted by Crippen LogP contribution is -2.28. The number of hydrogen-bond donors (Lipinski definition) is 0. The summed E-state index contributed by atoms with van der Waals surface area (Å²) in [5.74, 6) is 0.966. The smallest absolute Gasteiger partial charge is 0.276 e. The zero-order valence-corrected chi connectivity index (χ0v) is 13.3. The molecule has 1 aliphatic rings. The fraction of sp³-hybridized carbons (Fsp3) is 0.200. The molecule has 24 heavy (non-hydrogen) atoms. The van der Waals surface area contributed by atoms with Crippen LogP contribution in [-0.2, 0) is 0 Å². The van der Waals surface area contributed by atoms with Gasteiger partial charge in [-0.25, -0.2) is 0 Å². The van der Waals surface area contributed by atoms with Gasteiger partial charge in [-0.15, -0.1) is 0 Å². The second-order valence-corrected chi connectivity index (χ2v) is 6.09. The highest BCUT2D eigenvalue weighted by Crippen LogP contribution is 2.28. The Bertz CT molecular complexity index is 827. The van der Waals surface area contributed by atoms with E-state index in [4.69, 9.17) is 4.52 Å². The minimum absolute atomic E-state index is 0.0561. The van der Waals surface area contributed by atoms with Gasteiger partial charge >= 0.3 is 0 Å². The molecule has 1 amide bonds. The molecule has 0 radical (unpaired) electrons. The number of rotatable bonds is 3. The monoisotopic (exact) mass is 318 g/mol. The fourth-order valence-corrected chi connectivity index (χ4v) is 3.22. The van der Waals surface area contributed by atoms with Crippen LogP contribution in [0.5, 0.6) is 0 Å². The Morgan fingerprint density at radius 1 is 1.04 bits per heavy atom. The first-order chi connectivity index (χ1) is 11.8. The van der Waals surface area contributed by atoms with Crippen molar-refractivity contribution in [1.29, 1.82) is 0 Å². The molecule has 0 spiro atoms. The van der Waals surface area contributed by atoms with E-state index in [1.807, 2.05) is 53.4 Å². The van der Waals surface area contributed by atoms with Crippen molar-refractivity contribution in [3.05, 3.63) is 78.0 Å². The van der Waals surface area contributed by atoms with Crippen molar-refractivity contribution in [2.75, 3.05) is 13.1 Å². The van der Waals surface area contributed by atoms with Gasteiger partial charge in [-0.3, -0.25) is 4.79 Å². The van der Waals surface area contributed by atoms with Gasteiger partial charge in [0.2, 0.25) is 0 Å². The van der Waals surface area contributed by atoms with Crippen LogP contribution in [0.4, 0.5) is 0 Å². The Kier molecular flexibility index (Phi) is 3.87. The van der Waals surface area contributed by atoms with E-state index in [-0.39, 0.29) is 5.91 Å². The van der Waals surface area contributed by atoms with Crippen molar-refractivity contribution < 1.29 is 9.32 Å². The van der Waals surface area contributed by atoms with Crippen molar-refractivity contribution in [2.24, 2.45) is 0 Å². The molecule has 1 saturated heterocycles. The maximum absolute atomic E-state index is 12.7. The van der Waals surface area contributed by atoms with Crippen LogP contribution in [0.3, 0.4) is 0 Å². The van der Waals surface area contributed by atoms with Gasteiger partial charge < -0.3 is 9.42 Å². The Labute approximate surface area is 140 Å². The molecule has 1 fully saturated rings. The molecule has 0 aliphatic carbocycles. The average molecular weight is 318 g/mol. The topological polar surface area (TPSA) is 46.3 Å². The van der Waals surface area contributed by atoms with Gasteiger partial charge in [0, 0.05) is 30.6 Å². The van der Waals surface area contributed by atoms with Gasteiger partial charge in [0.15, 0.2) is 11.5 Å². The molecule has 2 heterocycles. The molecule has 4 heteroatoms. The quantitative estimate of drug-likeness (QED) is 0.734. The van der Waals surface area contributed by atoms with E-state index >= 15 is 0 Å². The maximum atomic E-state index is 12.7. The zero-order chi connectivity index (χ0) is 16.4. The molecular weight excluding hydrogens is 300 g/mol. The van der Waals surface area contributed by atoms with Crippen molar-refractivity contribution in [3.8, 4) is 11.3 Å². The van der Waals surface area contributed by atoms with Gasteiger partial charge in [-0.2, -0.15) is 0 Å². The number of hydrogen-bond acceptors (Lipinski definition) is 3. The van der Waals surface area contributed by atoms with Crippen LogP contribution in [0, 0.1) is 0 Å². The molecule has 0 bridgehead atoms. The van der Waals surface area contributed by atoms with Crippen LogP contribution in [-0.4, -0.2) is 29.1 Å². The first-order valence-corrected chi connectivity index (χ1v) is 8.17. The summed E-state index contributed by atoms with van der Waals surface area (Å²) in [4.78, 5) is 14.5. The summed E-state index contributed by atoms with van der Waals surface area (Å²) in [5.41, 5.74) is 2.59. The minimum Gasteiger partial charge on any atom is -0.355 e. The maximum Gasteiger partial charge on any atom is 0.276 e. The summed E-state index contributed by atoms with van der Waals surface area (Å²) < 4.78 is 5.35. The third-order valence-corrected chi connectivity index (χ3v) is 4.53. The summed E-state index contributed by atoms with van der Waals surface area (Å²) in [6, 6.07) is 21.8. The molecule has 120 valence electrons. The number of carbonyl (C=O) groups excluding carboxylic acids is 1. The largest absolute Gasteiger partial charge is 0.355 e. The lowest BCUT2D eigenvalue weighted by molar-refractivity contribution is 0.0780. The summed E-state index contributed by atoms with van der Waals surface area (Å²) in [5, 5.41) is 3.97. The predicted octanol–water partition coefficient (Wildman–Crippen LogP) is 3.97. The standard InChI is InChI=1S/C20H18N2O2/c23-20(18-13-19(24-21-18)16-9-5-2-6-10-16)22-12-11-17(14-22)15-7-3-1-4-8-15/h1-10,13,17H,11-12,14H2. The Balaban J connectivity index is 1.48. The Morgan fingerprint density at radius 2 is 1.75 bits per heavy atom. The number of amides is 1. The summed E-state index contributed by atoms with van der Waals surface area (Å²) in [6.07, 6.45) is 0.985. The summed E-state index contributed by atoms with van der Waals surface area (Å²) >= 11 is 0. The van der Waals surface area contributed by atoms with E-state index in [0.717, 1.165) is 25.1 Å². The number of likely N-dealkylation sites (tertiary alicyclic amines) is 1. The fourth-order valence-electron chi connectivity index (χ4n) is 3.22. The number of benzene rings is 2. The average Bonchev–Trinajstić information content (AvgIpc) is 3.33. The van der Waals surface area contributed by atoms with E-state index in [1.165, 1.54) is 5.56 Å². The van der Waals surface area contributed by atoms with Crippen LogP contribution >= 0.6 is 0 Å². The second-order valence-electron chi connectivity index (χ2n) is 6.09. The highest BCUT2D eigenvalue weighted by Gasteiger charge is 2.29. The van der Waals surface area contributed by atoms with Crippen molar-refractivity contribution in [2.45, 2.75) is 12.3 Å². The number of carbonyl (C=O) groups is 1. The number of aromatic nitrogens is 1. The first-order valence-electron chi connectivity index (χ1n) is 8.17. The van der Waals surface area contributed by atoms with Gasteiger partial charge in [0.05, 0.1) is 0 Å². The molecule has 2 aromatic carbocycles. The summed E-state index contributed by atoms with van der Waals surface area (Å²) in [6.45, 7) is 1.49. The van der Waals surface area contributed by atoms with E-state index in [9.17, 15) is 4.79 Å².